The van der Waals surface area contributed by atoms with Crippen molar-refractivity contribution in [3.8, 4) is 0 Å². The molecule has 0 amide bonds. The minimum Gasteiger partial charge on any atom is -0.402 e. The van der Waals surface area contributed by atoms with Gasteiger partial charge in [-0.2, -0.15) is 0 Å². The van der Waals surface area contributed by atoms with Gasteiger partial charge in [0.15, 0.2) is 0 Å². The molecule has 1 aromatic rings. The maximum absolute atomic E-state index is 5.95. The molecule has 100 valence electrons. The Labute approximate surface area is 118 Å². The zero-order valence-corrected chi connectivity index (χ0v) is 11.7. The number of nitrogens with two attached hydrogens (primary N) is 1. The molecule has 2 N–H and O–H groups in total. The lowest BCUT2D eigenvalue weighted by atomic mass is 10.0. The number of hydrogen-bond donors (Lipinski definition) is 1. The molecule has 4 nitrogen and oxygen atoms in total. The first kappa shape index (κ1) is 13.6. The fourth-order valence-corrected chi connectivity index (χ4v) is 2.22. The second-order valence-corrected chi connectivity index (χ2v) is 4.86. The molecule has 1 aliphatic rings. The van der Waals surface area contributed by atoms with Gasteiger partial charge in [0.05, 0.1) is 5.02 Å². The van der Waals surface area contributed by atoms with Crippen LogP contribution in [0.3, 0.4) is 0 Å². The van der Waals surface area contributed by atoms with Gasteiger partial charge in [-0.05, 0) is 19.1 Å². The van der Waals surface area contributed by atoms with E-state index in [1.807, 2.05) is 19.1 Å². The van der Waals surface area contributed by atoms with Crippen LogP contribution in [-0.2, 0) is 0 Å². The molecule has 0 spiro atoms. The van der Waals surface area contributed by atoms with Gasteiger partial charge in [0, 0.05) is 48.9 Å². The summed E-state index contributed by atoms with van der Waals surface area (Å²) in [6.45, 7) is 7.11. The molecule has 0 aliphatic carbocycles. The Hall–Kier alpha value is -1.81. The first-order valence-corrected chi connectivity index (χ1v) is 6.49. The van der Waals surface area contributed by atoms with Gasteiger partial charge in [0.25, 0.3) is 0 Å². The van der Waals surface area contributed by atoms with Gasteiger partial charge < -0.3 is 10.6 Å². The summed E-state index contributed by atoms with van der Waals surface area (Å²) in [5.41, 5.74) is 8.81. The summed E-state index contributed by atoms with van der Waals surface area (Å²) in [4.78, 5) is 10.8. The van der Waals surface area contributed by atoms with Gasteiger partial charge >= 0.3 is 0 Å². The van der Waals surface area contributed by atoms with Crippen LogP contribution in [-0.4, -0.2) is 23.8 Å². The Morgan fingerprint density at radius 1 is 1.58 bits per heavy atom. The Morgan fingerprint density at radius 2 is 2.37 bits per heavy atom. The van der Waals surface area contributed by atoms with Crippen LogP contribution in [0.25, 0.3) is 0 Å². The van der Waals surface area contributed by atoms with E-state index in [4.69, 9.17) is 17.3 Å². The normalized spacial score (nSPS) is 20.5. The number of aliphatic imine (C=N–C) groups is 1. The monoisotopic (exact) mass is 276 g/mol. The molecule has 5 heteroatoms. The van der Waals surface area contributed by atoms with Crippen molar-refractivity contribution in [1.29, 1.82) is 0 Å². The quantitative estimate of drug-likeness (QED) is 0.904. The summed E-state index contributed by atoms with van der Waals surface area (Å²) in [5.74, 6) is 0.904. The fraction of sp³-hybridized carbons (Fsp3) is 0.286. The van der Waals surface area contributed by atoms with Crippen molar-refractivity contribution in [1.82, 2.24) is 4.98 Å². The molecule has 0 atom stereocenters. The molecular weight excluding hydrogens is 260 g/mol. The van der Waals surface area contributed by atoms with E-state index < -0.39 is 0 Å². The Balaban J connectivity index is 2.25. The zero-order chi connectivity index (χ0) is 13.8. The Morgan fingerprint density at radius 3 is 2.95 bits per heavy atom. The average Bonchev–Trinajstić information content (AvgIpc) is 2.40. The van der Waals surface area contributed by atoms with Gasteiger partial charge in [-0.3, -0.25) is 4.99 Å². The third kappa shape index (κ3) is 3.15. The van der Waals surface area contributed by atoms with Gasteiger partial charge in [-0.15, -0.1) is 0 Å². The first-order valence-electron chi connectivity index (χ1n) is 6.11. The molecule has 1 fully saturated rings. The highest BCUT2D eigenvalue weighted by Gasteiger charge is 2.21. The van der Waals surface area contributed by atoms with E-state index >= 15 is 0 Å². The molecule has 19 heavy (non-hydrogen) atoms. The van der Waals surface area contributed by atoms with Crippen LogP contribution in [0.15, 0.2) is 47.4 Å². The van der Waals surface area contributed by atoms with E-state index in [0.29, 0.717) is 11.6 Å². The van der Waals surface area contributed by atoms with Crippen molar-refractivity contribution < 1.29 is 0 Å². The van der Waals surface area contributed by atoms with Gasteiger partial charge in [-0.1, -0.05) is 18.2 Å². The van der Waals surface area contributed by atoms with E-state index in [9.17, 15) is 0 Å². The Kier molecular flexibility index (Phi) is 4.22. The number of aromatic nitrogens is 1. The van der Waals surface area contributed by atoms with Crippen LogP contribution >= 0.6 is 11.6 Å². The van der Waals surface area contributed by atoms with Crippen molar-refractivity contribution in [2.24, 2.45) is 10.7 Å². The molecule has 0 radical (unpaired) electrons. The van der Waals surface area contributed by atoms with Crippen molar-refractivity contribution in [3.05, 3.63) is 47.4 Å². The standard InChI is InChI=1S/C14H17ClN4/c1-3-17-13-6-7-19(9-12(13)10(2)16)14-5-4-11(15)8-18-14/h3-5,8H,1,6-7,9,16H2,2H3/b12-10-,17-13?. The molecule has 1 aliphatic heterocycles. The third-order valence-electron chi connectivity index (χ3n) is 3.07. The number of nitrogens with zero attached hydrogens (tertiary/aromatic N) is 3. The van der Waals surface area contributed by atoms with E-state index in [2.05, 4.69) is 21.5 Å². The van der Waals surface area contributed by atoms with Crippen LogP contribution in [0.5, 0.6) is 0 Å². The summed E-state index contributed by atoms with van der Waals surface area (Å²) in [7, 11) is 0. The topological polar surface area (TPSA) is 54.5 Å². The van der Waals surface area contributed by atoms with Crippen LogP contribution in [0.1, 0.15) is 13.3 Å². The first-order chi connectivity index (χ1) is 9.11. The number of rotatable bonds is 2. The van der Waals surface area contributed by atoms with Crippen LogP contribution in [0.4, 0.5) is 5.82 Å². The minimum absolute atomic E-state index is 0.639. The number of hydrogen-bond acceptors (Lipinski definition) is 4. The summed E-state index contributed by atoms with van der Waals surface area (Å²) in [6.07, 6.45) is 4.05. The van der Waals surface area contributed by atoms with Crippen LogP contribution < -0.4 is 10.6 Å². The van der Waals surface area contributed by atoms with Crippen molar-refractivity contribution >= 4 is 23.1 Å². The lowest BCUT2D eigenvalue weighted by Crippen LogP contribution is -2.37. The van der Waals surface area contributed by atoms with E-state index in [-0.39, 0.29) is 0 Å². The maximum Gasteiger partial charge on any atom is 0.128 e. The number of anilines is 1. The molecule has 0 unspecified atom stereocenters. The number of pyridine rings is 1. The lowest BCUT2D eigenvalue weighted by Gasteiger charge is -2.31. The second kappa shape index (κ2) is 5.89. The Bertz CT molecular complexity index is 527. The number of halogens is 1. The highest BCUT2D eigenvalue weighted by molar-refractivity contribution is 6.30. The molecule has 2 rings (SSSR count). The number of piperidine rings is 1. The van der Waals surface area contributed by atoms with E-state index in [1.54, 1.807) is 12.4 Å². The van der Waals surface area contributed by atoms with E-state index in [1.165, 1.54) is 0 Å². The highest BCUT2D eigenvalue weighted by Crippen LogP contribution is 2.22. The molecule has 0 bridgehead atoms. The predicted octanol–water partition coefficient (Wildman–Crippen LogP) is 2.76. The molecule has 1 aromatic heterocycles. The SMILES string of the molecule is C=CN=C1CCN(c2ccc(Cl)cn2)C/C1=C(\C)N. The van der Waals surface area contributed by atoms with Gasteiger partial charge in [0.1, 0.15) is 5.82 Å². The van der Waals surface area contributed by atoms with Crippen molar-refractivity contribution in [3.63, 3.8) is 0 Å². The van der Waals surface area contributed by atoms with Gasteiger partial charge in [0.2, 0.25) is 0 Å². The predicted molar refractivity (Wildman–Crippen MR) is 80.6 cm³/mol. The molecule has 1 saturated heterocycles. The summed E-state index contributed by atoms with van der Waals surface area (Å²) in [5, 5.41) is 0.639. The average molecular weight is 277 g/mol. The largest absolute Gasteiger partial charge is 0.402 e. The third-order valence-corrected chi connectivity index (χ3v) is 3.30. The molecular formula is C14H17ClN4. The zero-order valence-electron chi connectivity index (χ0n) is 10.9. The molecule has 2 heterocycles. The molecule has 0 saturated carbocycles. The number of allylic oxidation sites excluding steroid dienone is 1. The van der Waals surface area contributed by atoms with Gasteiger partial charge in [-0.25, -0.2) is 4.98 Å². The van der Waals surface area contributed by atoms with Crippen LogP contribution in [0, 0.1) is 0 Å². The summed E-state index contributed by atoms with van der Waals surface area (Å²) in [6, 6.07) is 3.76. The van der Waals surface area contributed by atoms with Crippen LogP contribution in [0.2, 0.25) is 5.02 Å². The fourth-order valence-electron chi connectivity index (χ4n) is 2.11. The maximum atomic E-state index is 5.95. The summed E-state index contributed by atoms with van der Waals surface area (Å²) >= 11 is 5.85. The smallest absolute Gasteiger partial charge is 0.128 e. The van der Waals surface area contributed by atoms with Crippen molar-refractivity contribution in [2.45, 2.75) is 13.3 Å². The minimum atomic E-state index is 0.639. The molecule has 0 aromatic carbocycles. The van der Waals surface area contributed by atoms with E-state index in [0.717, 1.165) is 35.8 Å². The summed E-state index contributed by atoms with van der Waals surface area (Å²) < 4.78 is 0. The second-order valence-electron chi connectivity index (χ2n) is 4.43. The highest BCUT2D eigenvalue weighted by atomic mass is 35.5. The van der Waals surface area contributed by atoms with Crippen molar-refractivity contribution in [2.75, 3.05) is 18.0 Å². The lowest BCUT2D eigenvalue weighted by molar-refractivity contribution is 0.802.